The number of benzene rings is 1. The standard InChI is InChI=1S/C29H40N6O3/c1-18(20-8-10-23(37-7)11-9-20)35-17-21(12-27(35)36)19(2)38-28-24(16-32-6)25(31)13-26(34-28)22(14-30)15-33-29(3,4)5/h8-11,13-16,18-19,21H,12,17,30H2,1-7H3,(H2,31,34). The number of nitrogens with zero attached hydrogens (tertiary/aromatic N) is 4. The number of allylic oxidation sites excluding steroid dienone is 1. The Balaban J connectivity index is 1.83. The van der Waals surface area contributed by atoms with Gasteiger partial charge in [0.1, 0.15) is 11.9 Å². The number of likely N-dealkylation sites (tertiary alicyclic amines) is 1. The summed E-state index contributed by atoms with van der Waals surface area (Å²) in [6.07, 6.45) is 4.86. The van der Waals surface area contributed by atoms with E-state index >= 15 is 0 Å². The van der Waals surface area contributed by atoms with Crippen LogP contribution in [0, 0.1) is 5.92 Å². The maximum Gasteiger partial charge on any atom is 0.225 e. The highest BCUT2D eigenvalue weighted by Crippen LogP contribution is 2.33. The Labute approximate surface area is 225 Å². The number of carbonyl (C=O) groups excluding carboxylic acids is 1. The van der Waals surface area contributed by atoms with Gasteiger partial charge in [-0.2, -0.15) is 0 Å². The number of rotatable bonds is 9. The molecule has 1 aliphatic heterocycles. The molecule has 1 fully saturated rings. The second-order valence-corrected chi connectivity index (χ2v) is 10.5. The summed E-state index contributed by atoms with van der Waals surface area (Å²) in [6.45, 7) is 10.6. The third-order valence-electron chi connectivity index (χ3n) is 6.60. The predicted molar refractivity (Wildman–Crippen MR) is 154 cm³/mol. The van der Waals surface area contributed by atoms with Crippen LogP contribution in [0.2, 0.25) is 0 Å². The molecule has 3 unspecified atom stereocenters. The van der Waals surface area contributed by atoms with Crippen LogP contribution in [0.3, 0.4) is 0 Å². The Hall–Kier alpha value is -3.88. The van der Waals surface area contributed by atoms with E-state index in [1.165, 1.54) is 6.20 Å². The van der Waals surface area contributed by atoms with Crippen molar-refractivity contribution in [2.75, 3.05) is 26.4 Å². The Morgan fingerprint density at radius 3 is 2.50 bits per heavy atom. The van der Waals surface area contributed by atoms with E-state index in [1.807, 2.05) is 63.8 Å². The van der Waals surface area contributed by atoms with Gasteiger partial charge in [-0.3, -0.25) is 14.8 Å². The Kier molecular flexibility index (Phi) is 9.14. The van der Waals surface area contributed by atoms with E-state index in [0.29, 0.717) is 41.4 Å². The summed E-state index contributed by atoms with van der Waals surface area (Å²) < 4.78 is 11.6. The fourth-order valence-electron chi connectivity index (χ4n) is 4.29. The molecule has 0 radical (unpaired) electrons. The molecule has 204 valence electrons. The fraction of sp³-hybridized carbons (Fsp3) is 0.448. The number of carbonyl (C=O) groups is 1. The minimum atomic E-state index is -0.299. The number of methoxy groups -OCH3 is 1. The summed E-state index contributed by atoms with van der Waals surface area (Å²) in [5.41, 5.74) is 15.3. The summed E-state index contributed by atoms with van der Waals surface area (Å²) >= 11 is 0. The van der Waals surface area contributed by atoms with Crippen LogP contribution in [0.1, 0.15) is 63.9 Å². The smallest absolute Gasteiger partial charge is 0.225 e. The SMILES string of the molecule is CN=Cc1c(N)cc(C(C=NC(C)(C)C)=CN)nc1OC(C)C1CC(=O)N(C(C)c2ccc(OC)cc2)C1. The summed E-state index contributed by atoms with van der Waals surface area (Å²) in [6, 6.07) is 9.47. The van der Waals surface area contributed by atoms with Gasteiger partial charge in [0.25, 0.3) is 0 Å². The topological polar surface area (TPSA) is 128 Å². The van der Waals surface area contributed by atoms with Crippen LogP contribution in [-0.2, 0) is 4.79 Å². The molecule has 38 heavy (non-hydrogen) atoms. The lowest BCUT2D eigenvalue weighted by Crippen LogP contribution is -2.31. The predicted octanol–water partition coefficient (Wildman–Crippen LogP) is 4.27. The van der Waals surface area contributed by atoms with E-state index in [2.05, 4.69) is 9.98 Å². The lowest BCUT2D eigenvalue weighted by molar-refractivity contribution is -0.129. The second-order valence-electron chi connectivity index (χ2n) is 10.5. The van der Waals surface area contributed by atoms with Gasteiger partial charge in [0.2, 0.25) is 11.8 Å². The van der Waals surface area contributed by atoms with Gasteiger partial charge in [0.15, 0.2) is 0 Å². The van der Waals surface area contributed by atoms with Crippen molar-refractivity contribution in [1.29, 1.82) is 0 Å². The van der Waals surface area contributed by atoms with Crippen molar-refractivity contribution in [3.8, 4) is 11.6 Å². The van der Waals surface area contributed by atoms with Crippen molar-refractivity contribution in [2.24, 2.45) is 21.6 Å². The van der Waals surface area contributed by atoms with Crippen LogP contribution >= 0.6 is 0 Å². The molecule has 0 saturated carbocycles. The van der Waals surface area contributed by atoms with Crippen molar-refractivity contribution in [3.63, 3.8) is 0 Å². The number of ether oxygens (including phenoxy) is 2. The van der Waals surface area contributed by atoms with Gasteiger partial charge in [0, 0.05) is 55.8 Å². The first-order chi connectivity index (χ1) is 18.0. The lowest BCUT2D eigenvalue weighted by atomic mass is 10.0. The number of hydrogen-bond donors (Lipinski definition) is 2. The van der Waals surface area contributed by atoms with Gasteiger partial charge in [-0.1, -0.05) is 12.1 Å². The molecular weight excluding hydrogens is 480 g/mol. The zero-order chi connectivity index (χ0) is 28.0. The quantitative estimate of drug-likeness (QED) is 0.475. The molecule has 9 heteroatoms. The minimum Gasteiger partial charge on any atom is -0.497 e. The van der Waals surface area contributed by atoms with Crippen molar-refractivity contribution in [1.82, 2.24) is 9.88 Å². The normalized spacial score (nSPS) is 18.4. The highest BCUT2D eigenvalue weighted by molar-refractivity contribution is 6.09. The molecule has 2 aromatic rings. The van der Waals surface area contributed by atoms with Crippen molar-refractivity contribution < 1.29 is 14.3 Å². The van der Waals surface area contributed by atoms with Crippen LogP contribution in [0.5, 0.6) is 11.6 Å². The summed E-state index contributed by atoms with van der Waals surface area (Å²) in [5.74, 6) is 1.20. The molecule has 1 saturated heterocycles. The van der Waals surface area contributed by atoms with E-state index in [4.69, 9.17) is 25.9 Å². The number of aromatic nitrogens is 1. The number of nitrogens with two attached hydrogens (primary N) is 2. The zero-order valence-corrected chi connectivity index (χ0v) is 23.4. The van der Waals surface area contributed by atoms with Gasteiger partial charge < -0.3 is 25.8 Å². The largest absolute Gasteiger partial charge is 0.497 e. The van der Waals surface area contributed by atoms with Crippen LogP contribution in [0.25, 0.3) is 5.57 Å². The number of aliphatic imine (C=N–C) groups is 2. The first-order valence-corrected chi connectivity index (χ1v) is 12.8. The van der Waals surface area contributed by atoms with Gasteiger partial charge in [-0.25, -0.2) is 4.98 Å². The highest BCUT2D eigenvalue weighted by atomic mass is 16.5. The Morgan fingerprint density at radius 1 is 1.24 bits per heavy atom. The Bertz CT molecular complexity index is 1210. The van der Waals surface area contributed by atoms with Crippen molar-refractivity contribution in [2.45, 2.75) is 58.7 Å². The van der Waals surface area contributed by atoms with Crippen LogP contribution in [0.4, 0.5) is 5.69 Å². The number of hydrogen-bond acceptors (Lipinski definition) is 8. The number of nitrogen functional groups attached to an aromatic ring is 1. The van der Waals surface area contributed by atoms with E-state index < -0.39 is 0 Å². The molecule has 0 bridgehead atoms. The molecule has 3 atom stereocenters. The molecule has 4 N–H and O–H groups in total. The van der Waals surface area contributed by atoms with Gasteiger partial charge >= 0.3 is 0 Å². The molecular formula is C29H40N6O3. The number of pyridine rings is 1. The lowest BCUT2D eigenvalue weighted by Gasteiger charge is -2.27. The van der Waals surface area contributed by atoms with E-state index in [-0.39, 0.29) is 29.5 Å². The molecule has 9 nitrogen and oxygen atoms in total. The molecule has 2 heterocycles. The molecule has 1 aromatic heterocycles. The summed E-state index contributed by atoms with van der Waals surface area (Å²) in [7, 11) is 3.30. The van der Waals surface area contributed by atoms with Gasteiger partial charge in [-0.15, -0.1) is 0 Å². The van der Waals surface area contributed by atoms with Crippen LogP contribution in [0.15, 0.2) is 46.5 Å². The highest BCUT2D eigenvalue weighted by Gasteiger charge is 2.37. The third-order valence-corrected chi connectivity index (χ3v) is 6.60. The molecule has 1 aliphatic rings. The van der Waals surface area contributed by atoms with E-state index in [1.54, 1.807) is 32.7 Å². The third kappa shape index (κ3) is 6.90. The number of amides is 1. The molecule has 3 rings (SSSR count). The molecule has 1 aromatic carbocycles. The van der Waals surface area contributed by atoms with Crippen LogP contribution in [-0.4, -0.2) is 60.6 Å². The fourth-order valence-corrected chi connectivity index (χ4v) is 4.29. The van der Waals surface area contributed by atoms with Gasteiger partial charge in [-0.05, 0) is 58.4 Å². The zero-order valence-electron chi connectivity index (χ0n) is 23.4. The van der Waals surface area contributed by atoms with E-state index in [0.717, 1.165) is 11.3 Å². The Morgan fingerprint density at radius 2 is 1.92 bits per heavy atom. The molecule has 1 amide bonds. The average molecular weight is 521 g/mol. The van der Waals surface area contributed by atoms with Gasteiger partial charge in [0.05, 0.1) is 29.9 Å². The van der Waals surface area contributed by atoms with Crippen LogP contribution < -0.4 is 20.9 Å². The summed E-state index contributed by atoms with van der Waals surface area (Å²) in [4.78, 5) is 28.3. The van der Waals surface area contributed by atoms with Crippen molar-refractivity contribution in [3.05, 3.63) is 53.4 Å². The number of anilines is 1. The maximum absolute atomic E-state index is 13.0. The minimum absolute atomic E-state index is 0.0201. The molecule has 0 aliphatic carbocycles. The van der Waals surface area contributed by atoms with E-state index in [9.17, 15) is 4.79 Å². The van der Waals surface area contributed by atoms with Crippen molar-refractivity contribution >= 4 is 29.6 Å². The monoisotopic (exact) mass is 520 g/mol. The maximum atomic E-state index is 13.0. The first kappa shape index (κ1) is 28.7. The first-order valence-electron chi connectivity index (χ1n) is 12.8. The second kappa shape index (κ2) is 12.1. The molecule has 0 spiro atoms. The summed E-state index contributed by atoms with van der Waals surface area (Å²) in [5, 5.41) is 0. The average Bonchev–Trinajstić information content (AvgIpc) is 3.27.